The van der Waals surface area contributed by atoms with E-state index in [1.807, 2.05) is 0 Å². The number of carbonyl (C=O) groups is 2. The Morgan fingerprint density at radius 2 is 1.25 bits per heavy atom. The number of rotatable bonds is 16. The lowest BCUT2D eigenvalue weighted by atomic mass is 9.95. The molecule has 32 heavy (non-hydrogen) atoms. The molecule has 0 fully saturated rings. The van der Waals surface area contributed by atoms with Crippen LogP contribution in [0.4, 0.5) is 0 Å². The Balaban J connectivity index is 5.90. The van der Waals surface area contributed by atoms with Gasteiger partial charge in [0.05, 0.1) is 12.5 Å². The minimum atomic E-state index is -1.74. The van der Waals surface area contributed by atoms with Gasteiger partial charge in [0.2, 0.25) is 0 Å². The maximum atomic E-state index is 12.2. The largest absolute Gasteiger partial charge is 0.481 e. The first-order chi connectivity index (χ1) is 14.3. The summed E-state index contributed by atoms with van der Waals surface area (Å²) in [7, 11) is -8.22. The number of hydrogen-bond donors (Lipinski definition) is 1. The molecule has 0 aliphatic rings. The Hall–Kier alpha value is -0.139. The molecule has 0 aromatic heterocycles. The van der Waals surface area contributed by atoms with E-state index in [1.54, 1.807) is 6.92 Å². The van der Waals surface area contributed by atoms with Crippen LogP contribution in [0.3, 0.4) is 0 Å². The zero-order chi connectivity index (χ0) is 25.4. The molecule has 0 saturated heterocycles. The van der Waals surface area contributed by atoms with Crippen molar-refractivity contribution in [2.75, 3.05) is 6.61 Å². The fourth-order valence-electron chi connectivity index (χ4n) is 2.71. The Kier molecular flexibility index (Phi) is 13.0. The van der Waals surface area contributed by atoms with E-state index in [4.69, 9.17) is 17.1 Å². The van der Waals surface area contributed by atoms with E-state index in [0.29, 0.717) is 12.8 Å². The van der Waals surface area contributed by atoms with Crippen LogP contribution < -0.4 is 0 Å². The molecule has 0 radical (unpaired) electrons. The molecule has 0 saturated carbocycles. The molecule has 0 amide bonds. The summed E-state index contributed by atoms with van der Waals surface area (Å²) in [6.07, 6.45) is 0.992. The molecule has 0 aromatic rings. The lowest BCUT2D eigenvalue weighted by Crippen LogP contribution is -2.47. The van der Waals surface area contributed by atoms with E-state index in [0.717, 1.165) is 0 Å². The maximum absolute atomic E-state index is 12.2. The summed E-state index contributed by atoms with van der Waals surface area (Å²) in [5.41, 5.74) is 0.0154. The second-order valence-electron chi connectivity index (χ2n) is 11.4. The highest BCUT2D eigenvalue weighted by molar-refractivity contribution is 6.86. The molecule has 0 aliphatic carbocycles. The first-order valence-corrected chi connectivity index (χ1v) is 25.4. The molecule has 0 aliphatic heterocycles. The Bertz CT molecular complexity index is 592. The van der Waals surface area contributed by atoms with Crippen LogP contribution in [0.5, 0.6) is 0 Å². The van der Waals surface area contributed by atoms with Crippen molar-refractivity contribution in [1.82, 2.24) is 0 Å². The van der Waals surface area contributed by atoms with Gasteiger partial charge in [-0.05, 0) is 78.7 Å². The normalized spacial score (nSPS) is 16.8. The summed E-state index contributed by atoms with van der Waals surface area (Å²) in [4.78, 5) is 24.2. The van der Waals surface area contributed by atoms with Gasteiger partial charge in [-0.2, -0.15) is 0 Å². The maximum Gasteiger partial charge on any atom is 0.334 e. The smallest absolute Gasteiger partial charge is 0.334 e. The molecule has 1 N–H and O–H groups in total. The SMILES string of the molecule is C=C(C(=O)OCC)C(CCC([SiH2]O[Si](C)(C)C)([SiH2]O[Si](C)(C)C)[SiH2]O[Si](C)(C)C)C(=O)O. The van der Waals surface area contributed by atoms with Crippen LogP contribution in [-0.4, -0.2) is 77.9 Å². The van der Waals surface area contributed by atoms with Crippen LogP contribution in [0, 0.1) is 5.92 Å². The Labute approximate surface area is 205 Å². The zero-order valence-electron chi connectivity index (χ0n) is 21.9. The molecule has 0 rings (SSSR count). The van der Waals surface area contributed by atoms with Gasteiger partial charge >= 0.3 is 11.9 Å². The van der Waals surface area contributed by atoms with E-state index in [9.17, 15) is 14.7 Å². The van der Waals surface area contributed by atoms with Crippen molar-refractivity contribution in [3.05, 3.63) is 12.2 Å². The zero-order valence-corrected chi connectivity index (χ0v) is 29.2. The topological polar surface area (TPSA) is 91.3 Å². The second-order valence-corrected chi connectivity index (χ2v) is 35.9. The van der Waals surface area contributed by atoms with Crippen LogP contribution in [0.15, 0.2) is 12.2 Å². The summed E-state index contributed by atoms with van der Waals surface area (Å²) in [5, 5.41) is 9.83. The van der Waals surface area contributed by atoms with Crippen LogP contribution in [-0.2, 0) is 26.7 Å². The summed E-state index contributed by atoms with van der Waals surface area (Å²) >= 11 is 0. The van der Waals surface area contributed by atoms with Crippen molar-refractivity contribution < 1.29 is 31.8 Å². The van der Waals surface area contributed by atoms with Gasteiger partial charge in [-0.3, -0.25) is 4.79 Å². The van der Waals surface area contributed by atoms with Crippen molar-refractivity contribution in [2.45, 2.75) is 83.0 Å². The minimum absolute atomic E-state index is 0.0154. The molecule has 1 atom stereocenters. The first-order valence-electron chi connectivity index (χ1n) is 11.3. The fraction of sp³-hybridized carbons (Fsp3) is 0.789. The lowest BCUT2D eigenvalue weighted by molar-refractivity contribution is -0.146. The third-order valence-electron chi connectivity index (χ3n) is 4.65. The quantitative estimate of drug-likeness (QED) is 0.178. The molecule has 1 unspecified atom stereocenters. The van der Waals surface area contributed by atoms with Crippen molar-refractivity contribution in [3.8, 4) is 0 Å². The fourth-order valence-corrected chi connectivity index (χ4v) is 19.1. The molecule has 0 spiro atoms. The summed E-state index contributed by atoms with van der Waals surface area (Å²) in [6, 6.07) is 0. The standard InChI is InChI=1S/C19H46O7Si6/c1-12-23-18(22)15(2)16(17(20)21)13-14-19(27-24-30(3,4)5,28-25-31(6,7)8)29-26-32(9,10)11/h16H,2,12-14,27-29H2,1,3-11H3,(H,20,21). The van der Waals surface area contributed by atoms with Gasteiger partial charge in [0.25, 0.3) is 0 Å². The minimum Gasteiger partial charge on any atom is -0.481 e. The van der Waals surface area contributed by atoms with Crippen LogP contribution >= 0.6 is 0 Å². The van der Waals surface area contributed by atoms with Gasteiger partial charge in [-0.25, -0.2) is 4.79 Å². The van der Waals surface area contributed by atoms with Crippen LogP contribution in [0.1, 0.15) is 19.8 Å². The van der Waals surface area contributed by atoms with Gasteiger partial charge in [0.1, 0.15) is 0 Å². The number of carboxylic acid groups (broad SMARTS) is 1. The Morgan fingerprint density at radius 3 is 1.53 bits per heavy atom. The Morgan fingerprint density at radius 1 is 0.875 bits per heavy atom. The average molecular weight is 555 g/mol. The molecular weight excluding hydrogens is 509 g/mol. The monoisotopic (exact) mass is 554 g/mol. The molecule has 188 valence electrons. The number of carboxylic acids is 1. The summed E-state index contributed by atoms with van der Waals surface area (Å²) in [6.45, 7) is 25.4. The van der Waals surface area contributed by atoms with Gasteiger partial charge in [-0.15, -0.1) is 0 Å². The van der Waals surface area contributed by atoms with Gasteiger partial charge in [-0.1, -0.05) is 6.58 Å². The van der Waals surface area contributed by atoms with Gasteiger partial charge in [0, 0.05) is 9.86 Å². The van der Waals surface area contributed by atoms with Crippen molar-refractivity contribution in [1.29, 1.82) is 0 Å². The predicted molar refractivity (Wildman–Crippen MR) is 148 cm³/mol. The van der Waals surface area contributed by atoms with Crippen LogP contribution in [0.2, 0.25) is 63.2 Å². The number of hydrogen-bond acceptors (Lipinski definition) is 6. The first kappa shape index (κ1) is 31.9. The molecule has 7 nitrogen and oxygen atoms in total. The average Bonchev–Trinajstić information content (AvgIpc) is 2.60. The number of aliphatic carboxylic acids is 1. The summed E-state index contributed by atoms with van der Waals surface area (Å²) < 4.78 is 24.5. The summed E-state index contributed by atoms with van der Waals surface area (Å²) in [5.74, 6) is -2.63. The molecule has 0 aromatic carbocycles. The molecule has 13 heteroatoms. The van der Waals surface area contributed by atoms with Gasteiger partial charge in [0.15, 0.2) is 54.2 Å². The number of esters is 1. The number of ether oxygens (including phenoxy) is 1. The van der Waals surface area contributed by atoms with E-state index in [-0.39, 0.29) is 16.5 Å². The molecular formula is C19H46O7Si6. The number of carbonyl (C=O) groups excluding carboxylic acids is 1. The van der Waals surface area contributed by atoms with E-state index >= 15 is 0 Å². The lowest BCUT2D eigenvalue weighted by Gasteiger charge is -2.38. The highest BCUT2D eigenvalue weighted by atomic mass is 28.4. The van der Waals surface area contributed by atoms with Gasteiger partial charge < -0.3 is 22.2 Å². The van der Waals surface area contributed by atoms with Crippen molar-refractivity contribution in [2.24, 2.45) is 5.92 Å². The predicted octanol–water partition coefficient (Wildman–Crippen LogP) is 2.47. The second kappa shape index (κ2) is 13.1. The molecule has 0 heterocycles. The highest BCUT2D eigenvalue weighted by Crippen LogP contribution is 2.35. The third-order valence-corrected chi connectivity index (χ3v) is 23.4. The molecule has 0 bridgehead atoms. The van der Waals surface area contributed by atoms with Crippen molar-refractivity contribution >= 4 is 66.2 Å². The van der Waals surface area contributed by atoms with Crippen LogP contribution in [0.25, 0.3) is 0 Å². The van der Waals surface area contributed by atoms with E-state index in [1.165, 1.54) is 0 Å². The van der Waals surface area contributed by atoms with E-state index < -0.39 is 72.1 Å². The third kappa shape index (κ3) is 14.2. The van der Waals surface area contributed by atoms with Crippen molar-refractivity contribution in [3.63, 3.8) is 0 Å². The highest BCUT2D eigenvalue weighted by Gasteiger charge is 2.40. The van der Waals surface area contributed by atoms with E-state index in [2.05, 4.69) is 65.5 Å².